The second-order valence-corrected chi connectivity index (χ2v) is 6.26. The SMILES string of the molecule is O=C(NC1COCC1C(=O)O)C1Cc2ccccc2S1. The number of carbonyl (C=O) groups excluding carboxylic acids is 1. The Bertz CT molecular complexity index is 523. The van der Waals surface area contributed by atoms with Crippen LogP contribution in [0.3, 0.4) is 0 Å². The van der Waals surface area contributed by atoms with Crippen molar-refractivity contribution < 1.29 is 19.4 Å². The first-order valence-electron chi connectivity index (χ1n) is 6.50. The first-order chi connectivity index (χ1) is 9.65. The van der Waals surface area contributed by atoms with E-state index in [4.69, 9.17) is 9.84 Å². The van der Waals surface area contributed by atoms with Crippen LogP contribution in [-0.4, -0.2) is 41.5 Å². The molecule has 0 radical (unpaired) electrons. The van der Waals surface area contributed by atoms with Crippen LogP contribution in [0, 0.1) is 5.92 Å². The van der Waals surface area contributed by atoms with E-state index in [0.29, 0.717) is 6.42 Å². The third-order valence-corrected chi connectivity index (χ3v) is 4.98. The average molecular weight is 293 g/mol. The number of carboxylic acid groups (broad SMARTS) is 1. The number of amides is 1. The summed E-state index contributed by atoms with van der Waals surface area (Å²) < 4.78 is 5.15. The highest BCUT2D eigenvalue weighted by molar-refractivity contribution is 8.01. The Morgan fingerprint density at radius 1 is 1.30 bits per heavy atom. The van der Waals surface area contributed by atoms with E-state index in [0.717, 1.165) is 4.90 Å². The Morgan fingerprint density at radius 3 is 2.85 bits per heavy atom. The number of ether oxygens (including phenoxy) is 1. The fraction of sp³-hybridized carbons (Fsp3) is 0.429. The average Bonchev–Trinajstić information content (AvgIpc) is 3.03. The van der Waals surface area contributed by atoms with Crippen molar-refractivity contribution in [2.45, 2.75) is 22.6 Å². The summed E-state index contributed by atoms with van der Waals surface area (Å²) in [6.45, 7) is 0.436. The maximum Gasteiger partial charge on any atom is 0.311 e. The molecular formula is C14H15NO4S. The van der Waals surface area contributed by atoms with E-state index in [1.165, 1.54) is 17.3 Å². The maximum absolute atomic E-state index is 12.3. The van der Waals surface area contributed by atoms with Crippen molar-refractivity contribution in [1.29, 1.82) is 0 Å². The standard InChI is InChI=1S/C14H15NO4S/c16-13(15-10-7-19-6-9(10)14(17)18)12-5-8-3-1-2-4-11(8)20-12/h1-4,9-10,12H,5-7H2,(H,15,16)(H,17,18). The summed E-state index contributed by atoms with van der Waals surface area (Å²) in [6, 6.07) is 7.52. The minimum Gasteiger partial charge on any atom is -0.481 e. The monoisotopic (exact) mass is 293 g/mol. The lowest BCUT2D eigenvalue weighted by molar-refractivity contribution is -0.142. The van der Waals surface area contributed by atoms with Crippen LogP contribution in [-0.2, 0) is 20.7 Å². The molecule has 1 aromatic rings. The van der Waals surface area contributed by atoms with Crippen molar-refractivity contribution in [1.82, 2.24) is 5.32 Å². The minimum atomic E-state index is -0.921. The number of fused-ring (bicyclic) bond motifs is 1. The third kappa shape index (κ3) is 2.53. The van der Waals surface area contributed by atoms with Gasteiger partial charge in [0.15, 0.2) is 0 Å². The van der Waals surface area contributed by atoms with E-state index in [1.807, 2.05) is 24.3 Å². The highest BCUT2D eigenvalue weighted by Gasteiger charge is 2.37. The van der Waals surface area contributed by atoms with Crippen molar-refractivity contribution in [2.75, 3.05) is 13.2 Å². The van der Waals surface area contributed by atoms with Crippen LogP contribution >= 0.6 is 11.8 Å². The van der Waals surface area contributed by atoms with Crippen LogP contribution in [0.2, 0.25) is 0 Å². The van der Waals surface area contributed by atoms with E-state index in [2.05, 4.69) is 5.32 Å². The van der Waals surface area contributed by atoms with Gasteiger partial charge in [-0.25, -0.2) is 0 Å². The zero-order valence-corrected chi connectivity index (χ0v) is 11.6. The van der Waals surface area contributed by atoms with Gasteiger partial charge in [-0.1, -0.05) is 18.2 Å². The van der Waals surface area contributed by atoms with Gasteiger partial charge in [-0.2, -0.15) is 0 Å². The quantitative estimate of drug-likeness (QED) is 0.866. The Labute approximate surface area is 120 Å². The molecule has 1 fully saturated rings. The van der Waals surface area contributed by atoms with Gasteiger partial charge in [-0.05, 0) is 18.1 Å². The van der Waals surface area contributed by atoms with Crippen molar-refractivity contribution >= 4 is 23.6 Å². The Hall–Kier alpha value is -1.53. The predicted molar refractivity (Wildman–Crippen MR) is 73.7 cm³/mol. The molecule has 3 rings (SSSR count). The van der Waals surface area contributed by atoms with Crippen LogP contribution in [0.15, 0.2) is 29.2 Å². The second-order valence-electron chi connectivity index (χ2n) is 5.02. The second kappa shape index (κ2) is 5.46. The molecule has 0 aromatic heterocycles. The number of rotatable bonds is 3. The minimum absolute atomic E-state index is 0.104. The highest BCUT2D eigenvalue weighted by atomic mass is 32.2. The van der Waals surface area contributed by atoms with Crippen LogP contribution < -0.4 is 5.32 Å². The normalized spacial score (nSPS) is 28.1. The molecule has 6 heteroatoms. The predicted octanol–water partition coefficient (Wildman–Crippen LogP) is 0.919. The fourth-order valence-corrected chi connectivity index (χ4v) is 3.75. The molecule has 3 atom stereocenters. The summed E-state index contributed by atoms with van der Waals surface area (Å²) in [7, 11) is 0. The number of thioether (sulfide) groups is 1. The Kier molecular flexibility index (Phi) is 3.67. The number of hydrogen-bond acceptors (Lipinski definition) is 4. The fourth-order valence-electron chi connectivity index (χ4n) is 2.54. The molecule has 3 unspecified atom stereocenters. The summed E-state index contributed by atoms with van der Waals surface area (Å²) in [5.74, 6) is -1.67. The smallest absolute Gasteiger partial charge is 0.311 e. The largest absolute Gasteiger partial charge is 0.481 e. The zero-order chi connectivity index (χ0) is 14.1. The number of carboxylic acids is 1. The van der Waals surface area contributed by atoms with Crippen molar-refractivity contribution in [2.24, 2.45) is 5.92 Å². The van der Waals surface area contributed by atoms with Gasteiger partial charge in [0, 0.05) is 4.90 Å². The molecule has 1 aromatic carbocycles. The van der Waals surface area contributed by atoms with E-state index in [-0.39, 0.29) is 24.4 Å². The molecule has 0 saturated carbocycles. The lowest BCUT2D eigenvalue weighted by Crippen LogP contribution is -2.46. The number of hydrogen-bond donors (Lipinski definition) is 2. The molecule has 2 N–H and O–H groups in total. The molecular weight excluding hydrogens is 278 g/mol. The van der Waals surface area contributed by atoms with Crippen molar-refractivity contribution in [3.05, 3.63) is 29.8 Å². The molecule has 5 nitrogen and oxygen atoms in total. The van der Waals surface area contributed by atoms with Gasteiger partial charge in [0.05, 0.1) is 24.5 Å². The number of nitrogens with one attached hydrogen (secondary N) is 1. The Morgan fingerprint density at radius 2 is 2.10 bits per heavy atom. The topological polar surface area (TPSA) is 75.6 Å². The molecule has 1 saturated heterocycles. The number of aliphatic carboxylic acids is 1. The van der Waals surface area contributed by atoms with Crippen LogP contribution in [0.1, 0.15) is 5.56 Å². The Balaban J connectivity index is 1.63. The van der Waals surface area contributed by atoms with E-state index in [9.17, 15) is 9.59 Å². The number of carbonyl (C=O) groups is 2. The summed E-state index contributed by atoms with van der Waals surface area (Å²) >= 11 is 1.54. The molecule has 106 valence electrons. The van der Waals surface area contributed by atoms with Gasteiger partial charge in [-0.15, -0.1) is 11.8 Å². The number of benzene rings is 1. The third-order valence-electron chi connectivity index (χ3n) is 3.66. The van der Waals surface area contributed by atoms with Crippen molar-refractivity contribution in [3.63, 3.8) is 0 Å². The molecule has 2 aliphatic rings. The molecule has 0 spiro atoms. The van der Waals surface area contributed by atoms with Crippen LogP contribution in [0.25, 0.3) is 0 Å². The zero-order valence-electron chi connectivity index (χ0n) is 10.7. The van der Waals surface area contributed by atoms with E-state index in [1.54, 1.807) is 0 Å². The highest BCUT2D eigenvalue weighted by Crippen LogP contribution is 2.36. The van der Waals surface area contributed by atoms with Gasteiger partial charge in [0.2, 0.25) is 5.91 Å². The van der Waals surface area contributed by atoms with Gasteiger partial charge >= 0.3 is 5.97 Å². The molecule has 2 heterocycles. The van der Waals surface area contributed by atoms with Crippen molar-refractivity contribution in [3.8, 4) is 0 Å². The van der Waals surface area contributed by atoms with Gasteiger partial charge in [0.25, 0.3) is 0 Å². The van der Waals surface area contributed by atoms with Gasteiger partial charge < -0.3 is 15.2 Å². The summed E-state index contributed by atoms with van der Waals surface area (Å²) in [5, 5.41) is 11.7. The first-order valence-corrected chi connectivity index (χ1v) is 7.38. The first kappa shape index (κ1) is 13.5. The lowest BCUT2D eigenvalue weighted by atomic mass is 10.0. The van der Waals surface area contributed by atoms with Crippen LogP contribution in [0.4, 0.5) is 0 Å². The van der Waals surface area contributed by atoms with E-state index >= 15 is 0 Å². The summed E-state index contributed by atoms with van der Waals surface area (Å²) in [4.78, 5) is 24.4. The van der Waals surface area contributed by atoms with Gasteiger partial charge in [0.1, 0.15) is 5.92 Å². The molecule has 0 aliphatic carbocycles. The molecule has 0 bridgehead atoms. The summed E-state index contributed by atoms with van der Waals surface area (Å²) in [6.07, 6.45) is 0.692. The van der Waals surface area contributed by atoms with E-state index < -0.39 is 17.9 Å². The lowest BCUT2D eigenvalue weighted by Gasteiger charge is -2.18. The molecule has 2 aliphatic heterocycles. The molecule has 1 amide bonds. The maximum atomic E-state index is 12.3. The summed E-state index contributed by atoms with van der Waals surface area (Å²) in [5.41, 5.74) is 1.18. The molecule has 20 heavy (non-hydrogen) atoms. The van der Waals surface area contributed by atoms with Gasteiger partial charge in [-0.3, -0.25) is 9.59 Å². The van der Waals surface area contributed by atoms with Crippen LogP contribution in [0.5, 0.6) is 0 Å².